The Labute approximate surface area is 157 Å². The Morgan fingerprint density at radius 2 is 1.65 bits per heavy atom. The van der Waals surface area contributed by atoms with Crippen LogP contribution in [0.4, 0.5) is 0 Å². The van der Waals surface area contributed by atoms with E-state index in [9.17, 15) is 4.79 Å². The van der Waals surface area contributed by atoms with E-state index in [-0.39, 0.29) is 35.9 Å². The van der Waals surface area contributed by atoms with E-state index in [4.69, 9.17) is 0 Å². The number of guanidine groups is 1. The van der Waals surface area contributed by atoms with Crippen LogP contribution in [-0.2, 0) is 6.54 Å². The predicted octanol–water partition coefficient (Wildman–Crippen LogP) is 2.81. The van der Waals surface area contributed by atoms with Crippen molar-refractivity contribution in [2.75, 3.05) is 28.2 Å². The van der Waals surface area contributed by atoms with E-state index >= 15 is 0 Å². The van der Waals surface area contributed by atoms with Gasteiger partial charge in [-0.2, -0.15) is 0 Å². The molecule has 1 N–H and O–H groups in total. The Morgan fingerprint density at radius 3 is 2.09 bits per heavy atom. The van der Waals surface area contributed by atoms with Crippen LogP contribution in [0.1, 0.15) is 36.2 Å². The third-order valence-electron chi connectivity index (χ3n) is 3.41. The maximum Gasteiger partial charge on any atom is 0.251 e. The summed E-state index contributed by atoms with van der Waals surface area (Å²) in [6.07, 6.45) is 0.927. The summed E-state index contributed by atoms with van der Waals surface area (Å²) < 4.78 is 0. The van der Waals surface area contributed by atoms with E-state index in [1.165, 1.54) is 0 Å². The number of benzene rings is 1. The second kappa shape index (κ2) is 10.5. The first-order valence-corrected chi connectivity index (χ1v) is 7.64. The molecule has 1 rings (SSSR count). The van der Waals surface area contributed by atoms with E-state index in [0.717, 1.165) is 17.9 Å². The number of nitrogens with one attached hydrogen (secondary N) is 1. The summed E-state index contributed by atoms with van der Waals surface area (Å²) in [4.78, 5) is 20.6. The van der Waals surface area contributed by atoms with Gasteiger partial charge in [0.25, 0.3) is 5.91 Å². The zero-order valence-corrected chi connectivity index (χ0v) is 17.3. The van der Waals surface area contributed by atoms with Gasteiger partial charge in [-0.1, -0.05) is 19.1 Å². The van der Waals surface area contributed by atoms with Gasteiger partial charge >= 0.3 is 0 Å². The maximum atomic E-state index is 12.0. The molecule has 0 aliphatic carbocycles. The largest absolute Gasteiger partial charge is 0.350 e. The van der Waals surface area contributed by atoms with E-state index in [1.54, 1.807) is 0 Å². The lowest BCUT2D eigenvalue weighted by Gasteiger charge is -2.22. The number of hydrogen-bond acceptors (Lipinski definition) is 2. The Morgan fingerprint density at radius 1 is 1.13 bits per heavy atom. The molecule has 130 valence electrons. The topological polar surface area (TPSA) is 47.9 Å². The fourth-order valence-electron chi connectivity index (χ4n) is 2.02. The van der Waals surface area contributed by atoms with Crippen LogP contribution in [0.3, 0.4) is 0 Å². The van der Waals surface area contributed by atoms with Crippen LogP contribution < -0.4 is 5.32 Å². The number of hydrogen-bond donors (Lipinski definition) is 1. The SMILES string of the molecule is CCC(C)NC(=O)c1ccc(CN=C(N(C)C)N(C)C)cc1.I. The van der Waals surface area contributed by atoms with Crippen molar-refractivity contribution in [1.29, 1.82) is 0 Å². The number of carbonyl (C=O) groups is 1. The van der Waals surface area contributed by atoms with Crippen molar-refractivity contribution >= 4 is 35.8 Å². The van der Waals surface area contributed by atoms with Crippen LogP contribution in [0.2, 0.25) is 0 Å². The molecule has 0 spiro atoms. The van der Waals surface area contributed by atoms with E-state index in [0.29, 0.717) is 12.1 Å². The van der Waals surface area contributed by atoms with Crippen molar-refractivity contribution in [3.63, 3.8) is 0 Å². The van der Waals surface area contributed by atoms with E-state index < -0.39 is 0 Å². The first-order chi connectivity index (χ1) is 10.3. The van der Waals surface area contributed by atoms with Gasteiger partial charge < -0.3 is 15.1 Å². The molecule has 5 nitrogen and oxygen atoms in total. The molecule has 1 amide bonds. The average molecular weight is 432 g/mol. The summed E-state index contributed by atoms with van der Waals surface area (Å²) in [5.74, 6) is 0.894. The van der Waals surface area contributed by atoms with Gasteiger partial charge in [-0.15, -0.1) is 24.0 Å². The number of carbonyl (C=O) groups excluding carboxylic acids is 1. The molecule has 0 heterocycles. The van der Waals surface area contributed by atoms with Gasteiger partial charge in [-0.05, 0) is 31.0 Å². The molecule has 6 heteroatoms. The van der Waals surface area contributed by atoms with Crippen molar-refractivity contribution in [1.82, 2.24) is 15.1 Å². The molecule has 0 saturated carbocycles. The van der Waals surface area contributed by atoms with E-state index in [2.05, 4.69) is 17.2 Å². The van der Waals surface area contributed by atoms with Crippen LogP contribution >= 0.6 is 24.0 Å². The molecule has 0 saturated heterocycles. The van der Waals surface area contributed by atoms with Crippen LogP contribution in [0.5, 0.6) is 0 Å². The molecular weight excluding hydrogens is 403 g/mol. The highest BCUT2D eigenvalue weighted by molar-refractivity contribution is 14.0. The zero-order valence-electron chi connectivity index (χ0n) is 15.0. The maximum absolute atomic E-state index is 12.0. The lowest BCUT2D eigenvalue weighted by atomic mass is 10.1. The molecule has 23 heavy (non-hydrogen) atoms. The summed E-state index contributed by atoms with van der Waals surface area (Å²) in [5.41, 5.74) is 1.77. The number of amides is 1. The van der Waals surface area contributed by atoms with E-state index in [1.807, 2.05) is 69.2 Å². The highest BCUT2D eigenvalue weighted by Crippen LogP contribution is 2.07. The third kappa shape index (κ3) is 7.20. The molecule has 1 aromatic carbocycles. The smallest absolute Gasteiger partial charge is 0.251 e. The summed E-state index contributed by atoms with van der Waals surface area (Å²) in [5, 5.41) is 2.97. The van der Waals surface area contributed by atoms with Gasteiger partial charge in [0.05, 0.1) is 6.54 Å². The molecular formula is C17H29IN4O. The van der Waals surface area contributed by atoms with Gasteiger partial charge in [-0.3, -0.25) is 4.79 Å². The first kappa shape index (κ1) is 21.7. The van der Waals surface area contributed by atoms with Gasteiger partial charge in [0.1, 0.15) is 0 Å². The highest BCUT2D eigenvalue weighted by Gasteiger charge is 2.08. The second-order valence-corrected chi connectivity index (χ2v) is 5.88. The fourth-order valence-corrected chi connectivity index (χ4v) is 2.02. The van der Waals surface area contributed by atoms with Crippen molar-refractivity contribution < 1.29 is 4.79 Å². The minimum atomic E-state index is -0.0216. The normalized spacial score (nSPS) is 11.0. The number of rotatable bonds is 5. The van der Waals surface area contributed by atoms with Crippen molar-refractivity contribution in [3.05, 3.63) is 35.4 Å². The summed E-state index contributed by atoms with van der Waals surface area (Å²) >= 11 is 0. The molecule has 0 aliphatic heterocycles. The van der Waals surface area contributed by atoms with Crippen molar-refractivity contribution in [2.24, 2.45) is 4.99 Å². The predicted molar refractivity (Wildman–Crippen MR) is 108 cm³/mol. The van der Waals surface area contributed by atoms with Gasteiger partial charge in [0.15, 0.2) is 5.96 Å². The molecule has 0 bridgehead atoms. The van der Waals surface area contributed by atoms with Crippen LogP contribution in [-0.4, -0.2) is 55.9 Å². The number of halogens is 1. The van der Waals surface area contributed by atoms with Crippen LogP contribution in [0, 0.1) is 0 Å². The summed E-state index contributed by atoms with van der Waals surface area (Å²) in [6, 6.07) is 7.82. The fraction of sp³-hybridized carbons (Fsp3) is 0.529. The Hall–Kier alpha value is -1.31. The molecule has 1 atom stereocenters. The van der Waals surface area contributed by atoms with Crippen molar-refractivity contribution in [2.45, 2.75) is 32.9 Å². The molecule has 0 radical (unpaired) electrons. The standard InChI is InChI=1S/C17H28N4O.HI/c1-7-13(2)19-16(22)15-10-8-14(9-11-15)12-18-17(20(3)4)21(5)6;/h8-11,13H,7,12H2,1-6H3,(H,19,22);1H. The Balaban J connectivity index is 0.00000484. The third-order valence-corrected chi connectivity index (χ3v) is 3.41. The van der Waals surface area contributed by atoms with Crippen molar-refractivity contribution in [3.8, 4) is 0 Å². The van der Waals surface area contributed by atoms with Gasteiger partial charge in [0.2, 0.25) is 0 Å². The van der Waals surface area contributed by atoms with Gasteiger partial charge in [0, 0.05) is 39.8 Å². The summed E-state index contributed by atoms with van der Waals surface area (Å²) in [7, 11) is 7.89. The number of nitrogens with zero attached hydrogens (tertiary/aromatic N) is 3. The monoisotopic (exact) mass is 432 g/mol. The molecule has 0 aromatic heterocycles. The highest BCUT2D eigenvalue weighted by atomic mass is 127. The quantitative estimate of drug-likeness (QED) is 0.442. The minimum absolute atomic E-state index is 0. The van der Waals surface area contributed by atoms with Gasteiger partial charge in [-0.25, -0.2) is 4.99 Å². The average Bonchev–Trinajstić information content (AvgIpc) is 2.47. The molecule has 1 unspecified atom stereocenters. The molecule has 1 aromatic rings. The number of aliphatic imine (C=N–C) groups is 1. The molecule has 0 fully saturated rings. The first-order valence-electron chi connectivity index (χ1n) is 7.64. The minimum Gasteiger partial charge on any atom is -0.350 e. The zero-order chi connectivity index (χ0) is 16.7. The van der Waals surface area contributed by atoms with Crippen LogP contribution in [0.25, 0.3) is 0 Å². The Bertz CT molecular complexity index is 502. The second-order valence-electron chi connectivity index (χ2n) is 5.88. The lowest BCUT2D eigenvalue weighted by molar-refractivity contribution is 0.0939. The lowest BCUT2D eigenvalue weighted by Crippen LogP contribution is -2.35. The Kier molecular flexibility index (Phi) is 9.87. The molecule has 0 aliphatic rings. The van der Waals surface area contributed by atoms with Crippen LogP contribution in [0.15, 0.2) is 29.3 Å². The summed E-state index contributed by atoms with van der Waals surface area (Å²) in [6.45, 7) is 4.66.